The van der Waals surface area contributed by atoms with Gasteiger partial charge in [-0.1, -0.05) is 24.2 Å². The van der Waals surface area contributed by atoms with Crippen LogP contribution in [0.15, 0.2) is 40.9 Å². The average molecular weight is 388 g/mol. The molecule has 0 spiro atoms. The van der Waals surface area contributed by atoms with Crippen LogP contribution in [-0.2, 0) is 9.59 Å². The van der Waals surface area contributed by atoms with E-state index in [1.54, 1.807) is 0 Å². The molecule has 3 rings (SSSR count). The van der Waals surface area contributed by atoms with Crippen LogP contribution in [0.2, 0.25) is 0 Å². The fraction of sp³-hybridized carbons (Fsp3) is 0.400. The fourth-order valence-electron chi connectivity index (χ4n) is 3.07. The molecule has 1 fully saturated rings. The Kier molecular flexibility index (Phi) is 7.88. The number of carboxylic acid groups (broad SMARTS) is 2. The second kappa shape index (κ2) is 10.4. The van der Waals surface area contributed by atoms with Crippen LogP contribution in [0.25, 0.3) is 10.9 Å². The van der Waals surface area contributed by atoms with E-state index in [0.29, 0.717) is 17.9 Å². The Morgan fingerprint density at radius 3 is 2.32 bits per heavy atom. The van der Waals surface area contributed by atoms with Crippen molar-refractivity contribution in [3.8, 4) is 0 Å². The van der Waals surface area contributed by atoms with Crippen molar-refractivity contribution in [2.45, 2.75) is 26.2 Å². The number of hydrogen-bond acceptors (Lipinski definition) is 6. The van der Waals surface area contributed by atoms with E-state index in [1.807, 2.05) is 24.3 Å². The highest BCUT2D eigenvalue weighted by Gasteiger charge is 2.27. The summed E-state index contributed by atoms with van der Waals surface area (Å²) in [6.07, 6.45) is 4.45. The average Bonchev–Trinajstić information content (AvgIpc) is 3.34. The lowest BCUT2D eigenvalue weighted by molar-refractivity contribution is -0.134. The minimum atomic E-state index is -1.26. The molecule has 0 saturated carbocycles. The Labute approximate surface area is 162 Å². The van der Waals surface area contributed by atoms with Gasteiger partial charge in [0.2, 0.25) is 11.5 Å². The topological polar surface area (TPSA) is 121 Å². The number of benzene rings is 1. The molecule has 1 aliphatic heterocycles. The normalized spacial score (nSPS) is 15.3. The Balaban J connectivity index is 0.000000300. The van der Waals surface area contributed by atoms with Crippen molar-refractivity contribution >= 4 is 28.6 Å². The molecule has 1 aliphatic rings. The molecule has 0 aliphatic carbocycles. The summed E-state index contributed by atoms with van der Waals surface area (Å²) in [5, 5.41) is 20.4. The summed E-state index contributed by atoms with van der Waals surface area (Å²) in [5.41, 5.74) is 0.756. The van der Waals surface area contributed by atoms with Gasteiger partial charge in [0.1, 0.15) is 5.52 Å². The number of carbonyl (C=O) groups is 3. The van der Waals surface area contributed by atoms with Crippen molar-refractivity contribution in [1.82, 2.24) is 10.1 Å². The first-order chi connectivity index (χ1) is 13.4. The number of carboxylic acids is 2. The van der Waals surface area contributed by atoms with E-state index in [2.05, 4.69) is 17.0 Å². The molecule has 1 unspecified atom stereocenters. The Morgan fingerprint density at radius 1 is 1.14 bits per heavy atom. The molecular weight excluding hydrogens is 364 g/mol. The molecule has 2 aromatic rings. The lowest BCUT2D eigenvalue weighted by Crippen LogP contribution is -2.30. The number of aromatic nitrogens is 1. The number of carbonyl (C=O) groups excluding carboxylic acids is 1. The third-order valence-electron chi connectivity index (χ3n) is 4.52. The molecule has 2 N–H and O–H groups in total. The molecule has 1 atom stereocenters. The smallest absolute Gasteiger partial charge is 0.328 e. The largest absolute Gasteiger partial charge is 0.478 e. The summed E-state index contributed by atoms with van der Waals surface area (Å²) in [4.78, 5) is 34.2. The lowest BCUT2D eigenvalue weighted by atomic mass is 9.97. The summed E-state index contributed by atoms with van der Waals surface area (Å²) in [6.45, 7) is 5.13. The standard InChI is InChI=1S/C16H20N2O2.C4H4O4/c1-2-12(11-18-9-5-6-10-18)15(19)16-13-7-3-4-8-14(13)17-20-16;5-3(6)1-2-4(7)8/h3-4,7-8,12H,2,5-6,9-11H2,1H3;1-2H,(H,5,6)(H,7,8)/b;2-1+. The lowest BCUT2D eigenvalue weighted by Gasteiger charge is -2.20. The minimum absolute atomic E-state index is 0.00413. The molecule has 8 heteroatoms. The molecule has 150 valence electrons. The number of likely N-dealkylation sites (tertiary alicyclic amines) is 1. The van der Waals surface area contributed by atoms with Gasteiger partial charge in [-0.2, -0.15) is 0 Å². The van der Waals surface area contributed by atoms with E-state index in [0.717, 1.165) is 37.0 Å². The van der Waals surface area contributed by atoms with E-state index in [-0.39, 0.29) is 11.7 Å². The van der Waals surface area contributed by atoms with Gasteiger partial charge in [0, 0.05) is 24.6 Å². The van der Waals surface area contributed by atoms with Crippen molar-refractivity contribution in [2.75, 3.05) is 19.6 Å². The van der Waals surface area contributed by atoms with Crippen LogP contribution in [0.1, 0.15) is 36.7 Å². The highest BCUT2D eigenvalue weighted by atomic mass is 16.5. The molecule has 0 amide bonds. The summed E-state index contributed by atoms with van der Waals surface area (Å²) < 4.78 is 5.31. The number of Topliss-reactive ketones (excluding diaryl/α,β-unsaturated/α-hetero) is 1. The molecule has 2 heterocycles. The second-order valence-corrected chi connectivity index (χ2v) is 6.52. The Hall–Kier alpha value is -3.00. The van der Waals surface area contributed by atoms with Crippen molar-refractivity contribution in [1.29, 1.82) is 0 Å². The monoisotopic (exact) mass is 388 g/mol. The van der Waals surface area contributed by atoms with Crippen molar-refractivity contribution in [3.05, 3.63) is 42.2 Å². The Bertz CT molecular complexity index is 835. The number of nitrogens with zero attached hydrogens (tertiary/aromatic N) is 2. The summed E-state index contributed by atoms with van der Waals surface area (Å²) in [7, 11) is 0. The first-order valence-corrected chi connectivity index (χ1v) is 9.17. The van der Waals surface area contributed by atoms with Gasteiger partial charge in [-0.25, -0.2) is 9.59 Å². The number of aliphatic carboxylic acids is 2. The molecule has 28 heavy (non-hydrogen) atoms. The van der Waals surface area contributed by atoms with E-state index in [9.17, 15) is 14.4 Å². The van der Waals surface area contributed by atoms with Gasteiger partial charge in [-0.3, -0.25) is 4.79 Å². The SMILES string of the molecule is CCC(CN1CCCC1)C(=O)c1onc2ccccc12.O=C(O)/C=C/C(=O)O. The first kappa shape index (κ1) is 21.3. The Morgan fingerprint density at radius 2 is 1.75 bits per heavy atom. The third kappa shape index (κ3) is 6.02. The molecule has 1 saturated heterocycles. The van der Waals surface area contributed by atoms with E-state index >= 15 is 0 Å². The number of hydrogen-bond donors (Lipinski definition) is 2. The summed E-state index contributed by atoms with van der Waals surface area (Å²) in [6, 6.07) is 7.59. The first-order valence-electron chi connectivity index (χ1n) is 9.17. The van der Waals surface area contributed by atoms with E-state index in [4.69, 9.17) is 14.7 Å². The van der Waals surface area contributed by atoms with Crippen molar-refractivity contribution in [2.24, 2.45) is 5.92 Å². The van der Waals surface area contributed by atoms with Gasteiger partial charge in [-0.05, 0) is 44.5 Å². The number of rotatable bonds is 7. The maximum Gasteiger partial charge on any atom is 0.328 e. The number of ketones is 1. The molecule has 8 nitrogen and oxygen atoms in total. The predicted octanol–water partition coefficient (Wildman–Crippen LogP) is 2.84. The third-order valence-corrected chi connectivity index (χ3v) is 4.52. The fourth-order valence-corrected chi connectivity index (χ4v) is 3.07. The summed E-state index contributed by atoms with van der Waals surface area (Å²) >= 11 is 0. The van der Waals surface area contributed by atoms with Gasteiger partial charge in [0.15, 0.2) is 0 Å². The quantitative estimate of drug-likeness (QED) is 0.549. The maximum atomic E-state index is 12.7. The van der Waals surface area contributed by atoms with Crippen molar-refractivity contribution < 1.29 is 29.1 Å². The minimum Gasteiger partial charge on any atom is -0.478 e. The zero-order valence-electron chi connectivity index (χ0n) is 15.7. The zero-order chi connectivity index (χ0) is 20.5. The van der Waals surface area contributed by atoms with Gasteiger partial charge >= 0.3 is 11.9 Å². The van der Waals surface area contributed by atoms with Crippen LogP contribution in [0, 0.1) is 5.92 Å². The van der Waals surface area contributed by atoms with E-state index < -0.39 is 11.9 Å². The molecule has 1 aromatic carbocycles. The molecular formula is C20H24N2O6. The zero-order valence-corrected chi connectivity index (χ0v) is 15.7. The maximum absolute atomic E-state index is 12.7. The number of fused-ring (bicyclic) bond motifs is 1. The molecule has 0 radical (unpaired) electrons. The van der Waals surface area contributed by atoms with Gasteiger partial charge in [-0.15, -0.1) is 0 Å². The van der Waals surface area contributed by atoms with Crippen LogP contribution in [0.5, 0.6) is 0 Å². The molecule has 0 bridgehead atoms. The van der Waals surface area contributed by atoms with Crippen LogP contribution in [0.4, 0.5) is 0 Å². The van der Waals surface area contributed by atoms with Crippen LogP contribution < -0.4 is 0 Å². The van der Waals surface area contributed by atoms with Crippen LogP contribution in [0.3, 0.4) is 0 Å². The predicted molar refractivity (Wildman–Crippen MR) is 102 cm³/mol. The highest BCUT2D eigenvalue weighted by molar-refractivity contribution is 6.05. The molecule has 1 aromatic heterocycles. The van der Waals surface area contributed by atoms with Gasteiger partial charge in [0.05, 0.1) is 5.39 Å². The van der Waals surface area contributed by atoms with Crippen molar-refractivity contribution in [3.63, 3.8) is 0 Å². The van der Waals surface area contributed by atoms with Crippen LogP contribution in [-0.4, -0.2) is 57.6 Å². The van der Waals surface area contributed by atoms with Gasteiger partial charge < -0.3 is 19.6 Å². The summed E-state index contributed by atoms with van der Waals surface area (Å²) in [5.74, 6) is -2.00. The highest BCUT2D eigenvalue weighted by Crippen LogP contribution is 2.23. The van der Waals surface area contributed by atoms with E-state index in [1.165, 1.54) is 12.8 Å². The van der Waals surface area contributed by atoms with Gasteiger partial charge in [0.25, 0.3) is 0 Å². The second-order valence-electron chi connectivity index (χ2n) is 6.52. The van der Waals surface area contributed by atoms with Crippen LogP contribution >= 0.6 is 0 Å².